The van der Waals surface area contributed by atoms with Gasteiger partial charge >= 0.3 is 0 Å². The number of aromatic nitrogens is 1. The van der Waals surface area contributed by atoms with E-state index in [9.17, 15) is 14.9 Å². The van der Waals surface area contributed by atoms with Crippen molar-refractivity contribution in [3.63, 3.8) is 0 Å². The number of carbonyl (C=O) groups is 1. The highest BCUT2D eigenvalue weighted by atomic mass is 32.1. The van der Waals surface area contributed by atoms with Crippen LogP contribution >= 0.6 is 11.3 Å². The first-order chi connectivity index (χ1) is 12.2. The zero-order chi connectivity index (χ0) is 17.4. The van der Waals surface area contributed by atoms with Gasteiger partial charge in [-0.1, -0.05) is 48.5 Å². The van der Waals surface area contributed by atoms with E-state index in [0.717, 1.165) is 5.56 Å². The Balaban J connectivity index is 1.85. The van der Waals surface area contributed by atoms with E-state index in [1.54, 1.807) is 34.7 Å². The number of hydrogen-bond acceptors (Lipinski definition) is 5. The summed E-state index contributed by atoms with van der Waals surface area (Å²) in [6.07, 6.45) is 1.62. The second-order valence-electron chi connectivity index (χ2n) is 5.67. The first kappa shape index (κ1) is 15.5. The molecule has 7 heteroatoms. The lowest BCUT2D eigenvalue weighted by Crippen LogP contribution is -2.53. The molecule has 124 valence electrons. The van der Waals surface area contributed by atoms with Gasteiger partial charge in [0.1, 0.15) is 0 Å². The summed E-state index contributed by atoms with van der Waals surface area (Å²) in [5.41, 5.74) is 1.39. The Bertz CT molecular complexity index is 928. The van der Waals surface area contributed by atoms with Crippen molar-refractivity contribution in [1.82, 2.24) is 4.98 Å². The number of rotatable bonds is 4. The summed E-state index contributed by atoms with van der Waals surface area (Å²) in [6, 6.07) is 15.5. The molecule has 1 saturated heterocycles. The molecule has 0 N–H and O–H groups in total. The van der Waals surface area contributed by atoms with E-state index in [-0.39, 0.29) is 11.6 Å². The molecule has 1 aromatic heterocycles. The number of anilines is 1. The minimum atomic E-state index is -0.453. The average Bonchev–Trinajstić information content (AvgIpc) is 3.14. The number of nitrogens with zero attached hydrogens (tertiary/aromatic N) is 3. The van der Waals surface area contributed by atoms with Crippen molar-refractivity contribution in [2.45, 2.75) is 12.0 Å². The van der Waals surface area contributed by atoms with Crippen molar-refractivity contribution in [2.24, 2.45) is 0 Å². The molecule has 2 aromatic carbocycles. The topological polar surface area (TPSA) is 76.3 Å². The van der Waals surface area contributed by atoms with Crippen LogP contribution < -0.4 is 4.90 Å². The first-order valence-electron chi connectivity index (χ1n) is 7.69. The number of nitro benzene ring substituents is 1. The van der Waals surface area contributed by atoms with E-state index in [0.29, 0.717) is 10.7 Å². The van der Waals surface area contributed by atoms with E-state index in [2.05, 4.69) is 4.98 Å². The molecule has 1 aliphatic heterocycles. The largest absolute Gasteiger partial charge is 0.278 e. The van der Waals surface area contributed by atoms with Gasteiger partial charge in [0.15, 0.2) is 5.13 Å². The minimum absolute atomic E-state index is 0.0162. The molecule has 0 bridgehead atoms. The summed E-state index contributed by atoms with van der Waals surface area (Å²) in [5, 5.41) is 13.8. The van der Waals surface area contributed by atoms with Crippen molar-refractivity contribution in [3.8, 4) is 0 Å². The third-order valence-electron chi connectivity index (χ3n) is 4.33. The molecule has 4 rings (SSSR count). The van der Waals surface area contributed by atoms with Crippen LogP contribution in [0.4, 0.5) is 10.8 Å². The van der Waals surface area contributed by atoms with Crippen molar-refractivity contribution >= 4 is 28.1 Å². The van der Waals surface area contributed by atoms with Gasteiger partial charge in [-0.25, -0.2) is 4.98 Å². The van der Waals surface area contributed by atoms with Gasteiger partial charge in [-0.05, 0) is 5.56 Å². The molecule has 1 amide bonds. The number of β-lactam (4-membered cyclic amide) rings is 1. The molecule has 0 radical (unpaired) electrons. The summed E-state index contributed by atoms with van der Waals surface area (Å²) >= 11 is 1.34. The van der Waals surface area contributed by atoms with Gasteiger partial charge in [0, 0.05) is 17.6 Å². The SMILES string of the molecule is O=C1C(c2ccccc2)C(c2ccccc2[N+](=O)[O-])N1c1nccs1. The third kappa shape index (κ3) is 2.49. The van der Waals surface area contributed by atoms with Gasteiger partial charge in [0.2, 0.25) is 5.91 Å². The van der Waals surface area contributed by atoms with Gasteiger partial charge in [-0.2, -0.15) is 0 Å². The Hall–Kier alpha value is -3.06. The highest BCUT2D eigenvalue weighted by Gasteiger charge is 2.52. The van der Waals surface area contributed by atoms with Crippen LogP contribution in [0.15, 0.2) is 66.2 Å². The smallest absolute Gasteiger partial charge is 0.274 e. The maximum absolute atomic E-state index is 12.8. The summed E-state index contributed by atoms with van der Waals surface area (Å²) in [5.74, 6) is -0.546. The molecule has 2 unspecified atom stereocenters. The predicted octanol–water partition coefficient (Wildman–Crippen LogP) is 3.92. The molecule has 0 saturated carbocycles. The Labute approximate surface area is 147 Å². The fourth-order valence-electron chi connectivity index (χ4n) is 3.24. The maximum Gasteiger partial charge on any atom is 0.274 e. The summed E-state index contributed by atoms with van der Waals surface area (Å²) < 4.78 is 0. The number of thiazole rings is 1. The van der Waals surface area contributed by atoms with Gasteiger partial charge in [0.05, 0.1) is 22.4 Å². The lowest BCUT2D eigenvalue weighted by atomic mass is 9.77. The van der Waals surface area contributed by atoms with Gasteiger partial charge in [-0.15, -0.1) is 11.3 Å². The highest BCUT2D eigenvalue weighted by molar-refractivity contribution is 7.13. The normalized spacial score (nSPS) is 19.5. The Morgan fingerprint density at radius 2 is 1.80 bits per heavy atom. The van der Waals surface area contributed by atoms with Gasteiger partial charge < -0.3 is 0 Å². The summed E-state index contributed by atoms with van der Waals surface area (Å²) in [6.45, 7) is 0. The van der Waals surface area contributed by atoms with Crippen LogP contribution in [0, 0.1) is 10.1 Å². The molecule has 0 spiro atoms. The monoisotopic (exact) mass is 351 g/mol. The fourth-order valence-corrected chi connectivity index (χ4v) is 3.93. The highest BCUT2D eigenvalue weighted by Crippen LogP contribution is 2.51. The van der Waals surface area contributed by atoms with Crippen molar-refractivity contribution in [3.05, 3.63) is 87.4 Å². The summed E-state index contributed by atoms with van der Waals surface area (Å²) in [4.78, 5) is 29.7. The van der Waals surface area contributed by atoms with E-state index < -0.39 is 16.9 Å². The zero-order valence-electron chi connectivity index (χ0n) is 13.0. The average molecular weight is 351 g/mol. The molecular formula is C18H13N3O3S. The zero-order valence-corrected chi connectivity index (χ0v) is 13.8. The molecule has 1 fully saturated rings. The van der Waals surface area contributed by atoms with Crippen molar-refractivity contribution in [2.75, 3.05) is 4.90 Å². The van der Waals surface area contributed by atoms with Gasteiger partial charge in [-0.3, -0.25) is 19.8 Å². The molecule has 1 aliphatic rings. The number of para-hydroxylation sites is 1. The molecule has 25 heavy (non-hydrogen) atoms. The van der Waals surface area contributed by atoms with Crippen LogP contribution in [0.25, 0.3) is 0 Å². The Kier molecular flexibility index (Phi) is 3.77. The second-order valence-corrected chi connectivity index (χ2v) is 6.55. The lowest BCUT2D eigenvalue weighted by molar-refractivity contribution is -0.385. The molecular weight excluding hydrogens is 338 g/mol. The fraction of sp³-hybridized carbons (Fsp3) is 0.111. The Morgan fingerprint density at radius 1 is 1.08 bits per heavy atom. The van der Waals surface area contributed by atoms with Crippen molar-refractivity contribution < 1.29 is 9.72 Å². The minimum Gasteiger partial charge on any atom is -0.278 e. The van der Waals surface area contributed by atoms with E-state index in [1.807, 2.05) is 30.3 Å². The van der Waals surface area contributed by atoms with E-state index in [1.165, 1.54) is 17.4 Å². The van der Waals surface area contributed by atoms with Crippen molar-refractivity contribution in [1.29, 1.82) is 0 Å². The lowest BCUT2D eigenvalue weighted by Gasteiger charge is -2.45. The van der Waals surface area contributed by atoms with Crippen LogP contribution in [0.2, 0.25) is 0 Å². The second kappa shape index (κ2) is 6.10. The molecule has 6 nitrogen and oxygen atoms in total. The molecule has 3 aromatic rings. The summed E-state index contributed by atoms with van der Waals surface area (Å²) in [7, 11) is 0. The number of carbonyl (C=O) groups excluding carboxylic acids is 1. The quantitative estimate of drug-likeness (QED) is 0.405. The molecule has 0 aliphatic carbocycles. The van der Waals surface area contributed by atoms with Crippen LogP contribution in [0.3, 0.4) is 0 Å². The number of amides is 1. The predicted molar refractivity (Wildman–Crippen MR) is 94.6 cm³/mol. The van der Waals surface area contributed by atoms with E-state index in [4.69, 9.17) is 0 Å². The van der Waals surface area contributed by atoms with Crippen LogP contribution in [-0.2, 0) is 4.79 Å². The Morgan fingerprint density at radius 3 is 2.48 bits per heavy atom. The number of benzene rings is 2. The van der Waals surface area contributed by atoms with E-state index >= 15 is 0 Å². The van der Waals surface area contributed by atoms with Crippen LogP contribution in [0.5, 0.6) is 0 Å². The first-order valence-corrected chi connectivity index (χ1v) is 8.57. The molecule has 2 atom stereocenters. The van der Waals surface area contributed by atoms with Crippen LogP contribution in [-0.4, -0.2) is 15.8 Å². The standard InChI is InChI=1S/C18H13N3O3S/c22-17-15(12-6-2-1-3-7-12)16(20(17)18-19-10-11-25-18)13-8-4-5-9-14(13)21(23)24/h1-11,15-16H. The molecule has 2 heterocycles. The number of nitro groups is 1. The third-order valence-corrected chi connectivity index (χ3v) is 5.10. The van der Waals surface area contributed by atoms with Gasteiger partial charge in [0.25, 0.3) is 5.69 Å². The van der Waals surface area contributed by atoms with Crippen LogP contribution in [0.1, 0.15) is 23.1 Å². The maximum atomic E-state index is 12.8. The number of hydrogen-bond donors (Lipinski definition) is 0.